The predicted octanol–water partition coefficient (Wildman–Crippen LogP) is 3.88. The van der Waals surface area contributed by atoms with Gasteiger partial charge in [0.2, 0.25) is 0 Å². The van der Waals surface area contributed by atoms with Crippen molar-refractivity contribution in [2.45, 2.75) is 12.8 Å². The summed E-state index contributed by atoms with van der Waals surface area (Å²) in [5.41, 5.74) is 1.13. The van der Waals surface area contributed by atoms with Crippen LogP contribution in [0, 0.1) is 0 Å². The van der Waals surface area contributed by atoms with Crippen LogP contribution in [0.15, 0.2) is 54.6 Å². The van der Waals surface area contributed by atoms with Crippen LogP contribution in [0.5, 0.6) is 5.75 Å². The van der Waals surface area contributed by atoms with Crippen LogP contribution < -0.4 is 4.74 Å². The summed E-state index contributed by atoms with van der Waals surface area (Å²) in [5, 5.41) is 0.559. The van der Waals surface area contributed by atoms with Crippen LogP contribution in [-0.2, 0) is 11.2 Å². The summed E-state index contributed by atoms with van der Waals surface area (Å²) < 4.78 is 5.19. The highest BCUT2D eigenvalue weighted by atomic mass is 35.5. The smallest absolute Gasteiger partial charge is 0.311 e. The zero-order valence-electron chi connectivity index (χ0n) is 9.80. The monoisotopic (exact) mass is 260 g/mol. The number of halogens is 1. The van der Waals surface area contributed by atoms with Crippen molar-refractivity contribution in [1.29, 1.82) is 0 Å². The number of rotatable bonds is 4. The molecule has 0 aliphatic carbocycles. The Hall–Kier alpha value is -1.80. The molecule has 0 aliphatic rings. The first-order valence-electron chi connectivity index (χ1n) is 5.74. The maximum atomic E-state index is 11.6. The second kappa shape index (κ2) is 6.22. The number of carbonyl (C=O) groups excluding carboxylic acids is 1. The van der Waals surface area contributed by atoms with Crippen LogP contribution in [0.25, 0.3) is 0 Å². The van der Waals surface area contributed by atoms with Crippen molar-refractivity contribution < 1.29 is 9.53 Å². The molecule has 0 saturated heterocycles. The molecule has 0 unspecified atom stereocenters. The molecule has 0 bridgehead atoms. The normalized spacial score (nSPS) is 10.1. The Morgan fingerprint density at radius 2 is 1.83 bits per heavy atom. The summed E-state index contributed by atoms with van der Waals surface area (Å²) in [6.45, 7) is 0. The first kappa shape index (κ1) is 12.7. The van der Waals surface area contributed by atoms with Gasteiger partial charge in [-0.15, -0.1) is 0 Å². The van der Waals surface area contributed by atoms with Gasteiger partial charge in [-0.25, -0.2) is 0 Å². The van der Waals surface area contributed by atoms with Crippen molar-refractivity contribution in [3.05, 3.63) is 65.2 Å². The van der Waals surface area contributed by atoms with E-state index in [0.717, 1.165) is 5.56 Å². The zero-order chi connectivity index (χ0) is 12.8. The van der Waals surface area contributed by atoms with Crippen molar-refractivity contribution >= 4 is 17.6 Å². The van der Waals surface area contributed by atoms with Gasteiger partial charge in [0.05, 0.1) is 0 Å². The van der Waals surface area contributed by atoms with Gasteiger partial charge >= 0.3 is 5.97 Å². The van der Waals surface area contributed by atoms with E-state index >= 15 is 0 Å². The Kier molecular flexibility index (Phi) is 4.37. The van der Waals surface area contributed by atoms with Crippen LogP contribution in [0.4, 0.5) is 0 Å². The van der Waals surface area contributed by atoms with Crippen LogP contribution in [0.1, 0.15) is 12.0 Å². The van der Waals surface area contributed by atoms with E-state index in [9.17, 15) is 4.79 Å². The molecule has 0 saturated carbocycles. The fourth-order valence-corrected chi connectivity index (χ4v) is 1.78. The Morgan fingerprint density at radius 3 is 2.56 bits per heavy atom. The molecular formula is C15H13ClO2. The molecule has 2 aromatic carbocycles. The molecule has 0 radical (unpaired) electrons. The van der Waals surface area contributed by atoms with Gasteiger partial charge in [0.25, 0.3) is 0 Å². The second-order valence-corrected chi connectivity index (χ2v) is 4.35. The molecule has 0 spiro atoms. The zero-order valence-corrected chi connectivity index (χ0v) is 10.6. The maximum Gasteiger partial charge on any atom is 0.311 e. The van der Waals surface area contributed by atoms with Crippen LogP contribution in [0.3, 0.4) is 0 Å². The molecule has 0 atom stereocenters. The van der Waals surface area contributed by atoms with Crippen molar-refractivity contribution in [1.82, 2.24) is 0 Å². The molecule has 0 N–H and O–H groups in total. The van der Waals surface area contributed by atoms with Crippen molar-refractivity contribution in [2.24, 2.45) is 0 Å². The average molecular weight is 261 g/mol. The van der Waals surface area contributed by atoms with Gasteiger partial charge < -0.3 is 4.74 Å². The molecule has 2 rings (SSSR count). The average Bonchev–Trinajstić information content (AvgIpc) is 2.38. The predicted molar refractivity (Wildman–Crippen MR) is 71.9 cm³/mol. The number of hydrogen-bond acceptors (Lipinski definition) is 2. The standard InChI is InChI=1S/C15H13ClO2/c16-13-7-4-8-14(11-13)18-15(17)10-9-12-5-2-1-3-6-12/h1-8,11H,9-10H2. The molecule has 92 valence electrons. The number of ether oxygens (including phenoxy) is 1. The summed E-state index contributed by atoms with van der Waals surface area (Å²) in [5.74, 6) is 0.238. The molecular weight excluding hydrogens is 248 g/mol. The van der Waals surface area contributed by atoms with Gasteiger partial charge in [-0.3, -0.25) is 4.79 Å². The van der Waals surface area contributed by atoms with Gasteiger partial charge in [0.1, 0.15) is 5.75 Å². The first-order valence-corrected chi connectivity index (χ1v) is 6.12. The van der Waals surface area contributed by atoms with E-state index in [0.29, 0.717) is 23.6 Å². The minimum Gasteiger partial charge on any atom is -0.426 e. The number of carbonyl (C=O) groups is 1. The Labute approximate surface area is 111 Å². The highest BCUT2D eigenvalue weighted by Gasteiger charge is 2.05. The van der Waals surface area contributed by atoms with E-state index in [1.54, 1.807) is 24.3 Å². The van der Waals surface area contributed by atoms with Crippen molar-refractivity contribution in [2.75, 3.05) is 0 Å². The SMILES string of the molecule is O=C(CCc1ccccc1)Oc1cccc(Cl)c1. The highest BCUT2D eigenvalue weighted by Crippen LogP contribution is 2.17. The first-order chi connectivity index (χ1) is 8.74. The lowest BCUT2D eigenvalue weighted by atomic mass is 10.1. The summed E-state index contributed by atoms with van der Waals surface area (Å²) in [6, 6.07) is 16.7. The van der Waals surface area contributed by atoms with E-state index in [4.69, 9.17) is 16.3 Å². The molecule has 0 fully saturated rings. The topological polar surface area (TPSA) is 26.3 Å². The molecule has 2 nitrogen and oxygen atoms in total. The van der Waals surface area contributed by atoms with Crippen LogP contribution in [-0.4, -0.2) is 5.97 Å². The minimum absolute atomic E-state index is 0.249. The van der Waals surface area contributed by atoms with E-state index in [1.807, 2.05) is 30.3 Å². The summed E-state index contributed by atoms with van der Waals surface area (Å²) in [6.07, 6.45) is 1.04. The van der Waals surface area contributed by atoms with E-state index < -0.39 is 0 Å². The lowest BCUT2D eigenvalue weighted by Crippen LogP contribution is -2.08. The highest BCUT2D eigenvalue weighted by molar-refractivity contribution is 6.30. The van der Waals surface area contributed by atoms with E-state index in [1.165, 1.54) is 0 Å². The lowest BCUT2D eigenvalue weighted by molar-refractivity contribution is -0.134. The maximum absolute atomic E-state index is 11.6. The summed E-state index contributed by atoms with van der Waals surface area (Å²) >= 11 is 5.81. The second-order valence-electron chi connectivity index (χ2n) is 3.92. The third kappa shape index (κ3) is 3.90. The molecule has 0 amide bonds. The lowest BCUT2D eigenvalue weighted by Gasteiger charge is -2.04. The molecule has 3 heteroatoms. The fourth-order valence-electron chi connectivity index (χ4n) is 1.60. The molecule has 0 aromatic heterocycles. The van der Waals surface area contributed by atoms with Gasteiger partial charge in [-0.05, 0) is 30.2 Å². The van der Waals surface area contributed by atoms with Crippen molar-refractivity contribution in [3.63, 3.8) is 0 Å². The van der Waals surface area contributed by atoms with Crippen LogP contribution >= 0.6 is 11.6 Å². The largest absolute Gasteiger partial charge is 0.426 e. The minimum atomic E-state index is -0.249. The quantitative estimate of drug-likeness (QED) is 0.616. The number of benzene rings is 2. The third-order valence-corrected chi connectivity index (χ3v) is 2.72. The molecule has 2 aromatic rings. The van der Waals surface area contributed by atoms with Gasteiger partial charge in [0.15, 0.2) is 0 Å². The molecule has 18 heavy (non-hydrogen) atoms. The third-order valence-electron chi connectivity index (χ3n) is 2.49. The van der Waals surface area contributed by atoms with Gasteiger partial charge in [-0.1, -0.05) is 48.0 Å². The van der Waals surface area contributed by atoms with E-state index in [-0.39, 0.29) is 5.97 Å². The van der Waals surface area contributed by atoms with Crippen LogP contribution in [0.2, 0.25) is 5.02 Å². The Bertz CT molecular complexity index is 523. The van der Waals surface area contributed by atoms with Crippen molar-refractivity contribution in [3.8, 4) is 5.75 Å². The number of aryl methyl sites for hydroxylation is 1. The molecule has 0 heterocycles. The Balaban J connectivity index is 1.86. The summed E-state index contributed by atoms with van der Waals surface area (Å²) in [4.78, 5) is 11.6. The van der Waals surface area contributed by atoms with Gasteiger partial charge in [0, 0.05) is 11.4 Å². The fraction of sp³-hybridized carbons (Fsp3) is 0.133. The van der Waals surface area contributed by atoms with E-state index in [2.05, 4.69) is 0 Å². The molecule has 0 aliphatic heterocycles. The Morgan fingerprint density at radius 1 is 1.06 bits per heavy atom. The van der Waals surface area contributed by atoms with Gasteiger partial charge in [-0.2, -0.15) is 0 Å². The number of hydrogen-bond donors (Lipinski definition) is 0. The number of esters is 1. The summed E-state index contributed by atoms with van der Waals surface area (Å²) in [7, 11) is 0.